The lowest BCUT2D eigenvalue weighted by molar-refractivity contribution is -0.116. The number of amides is 1. The van der Waals surface area contributed by atoms with Gasteiger partial charge < -0.3 is 4.90 Å². The third kappa shape index (κ3) is 4.81. The van der Waals surface area contributed by atoms with Crippen molar-refractivity contribution in [2.24, 2.45) is 0 Å². The molecule has 2 aromatic rings. The summed E-state index contributed by atoms with van der Waals surface area (Å²) < 4.78 is 40.4. The molecule has 0 atom stereocenters. The number of carbonyl (C=O) groups is 1. The van der Waals surface area contributed by atoms with Crippen LogP contribution in [0.15, 0.2) is 41.3 Å². The van der Waals surface area contributed by atoms with Crippen LogP contribution in [-0.4, -0.2) is 27.4 Å². The van der Waals surface area contributed by atoms with Crippen molar-refractivity contribution in [2.45, 2.75) is 25.7 Å². The molecule has 140 valence electrons. The Kier molecular flexibility index (Phi) is 6.39. The van der Waals surface area contributed by atoms with E-state index in [1.165, 1.54) is 24.8 Å². The maximum atomic E-state index is 13.2. The van der Waals surface area contributed by atoms with E-state index in [0.29, 0.717) is 16.3 Å². The third-order valence-corrected chi connectivity index (χ3v) is 5.75. The zero-order valence-corrected chi connectivity index (χ0v) is 16.3. The lowest BCUT2D eigenvalue weighted by Crippen LogP contribution is -2.38. The molecule has 5 nitrogen and oxygen atoms in total. The molecule has 0 fully saturated rings. The molecule has 2 aromatic carbocycles. The molecular formula is C18H20ClFN2O3S. The van der Waals surface area contributed by atoms with E-state index < -0.39 is 15.8 Å². The van der Waals surface area contributed by atoms with Crippen LogP contribution in [0.3, 0.4) is 0 Å². The van der Waals surface area contributed by atoms with Crippen molar-refractivity contribution < 1.29 is 17.6 Å². The van der Waals surface area contributed by atoms with E-state index in [1.54, 1.807) is 18.2 Å². The first-order valence-electron chi connectivity index (χ1n) is 7.92. The van der Waals surface area contributed by atoms with Crippen LogP contribution in [0.25, 0.3) is 0 Å². The zero-order valence-electron chi connectivity index (χ0n) is 14.7. The average Bonchev–Trinajstić information content (AvgIpc) is 2.53. The van der Waals surface area contributed by atoms with Crippen molar-refractivity contribution in [2.75, 3.05) is 18.0 Å². The molecular weight excluding hydrogens is 379 g/mol. The maximum absolute atomic E-state index is 13.2. The largest absolute Gasteiger partial charge is 0.311 e. The van der Waals surface area contributed by atoms with Gasteiger partial charge in [0.25, 0.3) is 0 Å². The Morgan fingerprint density at radius 3 is 2.46 bits per heavy atom. The Labute approximate surface area is 157 Å². The third-order valence-electron chi connectivity index (χ3n) is 3.90. The van der Waals surface area contributed by atoms with Crippen LogP contribution in [0.5, 0.6) is 0 Å². The van der Waals surface area contributed by atoms with E-state index in [9.17, 15) is 17.6 Å². The van der Waals surface area contributed by atoms with E-state index in [2.05, 4.69) is 4.72 Å². The Morgan fingerprint density at radius 2 is 1.85 bits per heavy atom. The van der Waals surface area contributed by atoms with E-state index in [0.717, 1.165) is 17.7 Å². The van der Waals surface area contributed by atoms with Crippen LogP contribution in [0.1, 0.15) is 18.1 Å². The van der Waals surface area contributed by atoms with Crippen molar-refractivity contribution in [3.63, 3.8) is 0 Å². The molecule has 2 rings (SSSR count). The summed E-state index contributed by atoms with van der Waals surface area (Å²) in [6, 6.07) is 8.65. The predicted molar refractivity (Wildman–Crippen MR) is 101 cm³/mol. The van der Waals surface area contributed by atoms with Gasteiger partial charge in [-0.05, 0) is 55.3 Å². The fourth-order valence-electron chi connectivity index (χ4n) is 2.60. The predicted octanol–water partition coefficient (Wildman–Crippen LogP) is 3.43. The number of nitrogens with one attached hydrogen (secondary N) is 1. The van der Waals surface area contributed by atoms with Crippen LogP contribution >= 0.6 is 11.6 Å². The van der Waals surface area contributed by atoms with Gasteiger partial charge in [0.15, 0.2) is 0 Å². The van der Waals surface area contributed by atoms with Crippen LogP contribution in [0.4, 0.5) is 10.1 Å². The fourth-order valence-corrected chi connectivity index (χ4v) is 4.02. The minimum atomic E-state index is -3.81. The fraction of sp³-hybridized carbons (Fsp3) is 0.278. The van der Waals surface area contributed by atoms with Crippen molar-refractivity contribution in [1.82, 2.24) is 4.72 Å². The Bertz CT molecular complexity index is 932. The van der Waals surface area contributed by atoms with Crippen LogP contribution in [0.2, 0.25) is 5.02 Å². The number of halogens is 2. The highest BCUT2D eigenvalue weighted by Gasteiger charge is 2.19. The van der Waals surface area contributed by atoms with Gasteiger partial charge in [-0.3, -0.25) is 4.79 Å². The molecule has 0 aliphatic heterocycles. The van der Waals surface area contributed by atoms with Gasteiger partial charge >= 0.3 is 0 Å². The first-order valence-corrected chi connectivity index (χ1v) is 9.78. The van der Waals surface area contributed by atoms with Crippen molar-refractivity contribution >= 4 is 33.2 Å². The number of benzene rings is 2. The number of carbonyl (C=O) groups excluding carboxylic acids is 1. The summed E-state index contributed by atoms with van der Waals surface area (Å²) in [7, 11) is -3.81. The zero-order chi connectivity index (χ0) is 19.5. The van der Waals surface area contributed by atoms with Crippen molar-refractivity contribution in [1.29, 1.82) is 0 Å². The summed E-state index contributed by atoms with van der Waals surface area (Å²) in [6.45, 7) is 4.90. The van der Waals surface area contributed by atoms with Gasteiger partial charge in [-0.15, -0.1) is 0 Å². The number of rotatable bonds is 6. The number of aryl methyl sites for hydroxylation is 2. The molecule has 0 saturated heterocycles. The summed E-state index contributed by atoms with van der Waals surface area (Å²) in [5.74, 6) is -0.729. The van der Waals surface area contributed by atoms with Gasteiger partial charge in [-0.25, -0.2) is 17.5 Å². The van der Waals surface area contributed by atoms with E-state index in [4.69, 9.17) is 11.6 Å². The van der Waals surface area contributed by atoms with Gasteiger partial charge in [0.2, 0.25) is 15.9 Å². The Balaban J connectivity index is 2.15. The topological polar surface area (TPSA) is 66.5 Å². The number of sulfonamides is 1. The van der Waals surface area contributed by atoms with Gasteiger partial charge in [0, 0.05) is 30.7 Å². The molecule has 0 aromatic heterocycles. The molecule has 1 N–H and O–H groups in total. The highest BCUT2D eigenvalue weighted by Crippen LogP contribution is 2.24. The number of hydrogen-bond acceptors (Lipinski definition) is 3. The average molecular weight is 399 g/mol. The summed E-state index contributed by atoms with van der Waals surface area (Å²) in [5.41, 5.74) is 1.79. The maximum Gasteiger partial charge on any atom is 0.240 e. The minimum Gasteiger partial charge on any atom is -0.311 e. The molecule has 0 bridgehead atoms. The normalized spacial score (nSPS) is 11.4. The second-order valence-corrected chi connectivity index (χ2v) is 8.08. The smallest absolute Gasteiger partial charge is 0.240 e. The van der Waals surface area contributed by atoms with Gasteiger partial charge in [0.05, 0.1) is 4.90 Å². The lowest BCUT2D eigenvalue weighted by Gasteiger charge is -2.23. The molecule has 0 heterocycles. The first-order chi connectivity index (χ1) is 12.1. The highest BCUT2D eigenvalue weighted by molar-refractivity contribution is 7.89. The van der Waals surface area contributed by atoms with Crippen molar-refractivity contribution in [3.05, 3.63) is 58.4 Å². The molecule has 0 aliphatic rings. The first kappa shape index (κ1) is 20.4. The van der Waals surface area contributed by atoms with Crippen LogP contribution in [-0.2, 0) is 14.8 Å². The minimum absolute atomic E-state index is 0.00465. The van der Waals surface area contributed by atoms with Crippen LogP contribution in [0, 0.1) is 19.7 Å². The standard InChI is InChI=1S/C18H20ClFN2O3S/c1-12-4-5-15(19)11-17(12)22(14(3)23)9-8-21-26(24,25)18-7-6-16(20)10-13(18)2/h4-7,10-11,21H,8-9H2,1-3H3. The number of anilines is 1. The molecule has 0 unspecified atom stereocenters. The summed E-state index contributed by atoms with van der Waals surface area (Å²) in [6.07, 6.45) is 0. The summed E-state index contributed by atoms with van der Waals surface area (Å²) in [4.78, 5) is 13.5. The number of nitrogens with zero attached hydrogens (tertiary/aromatic N) is 1. The molecule has 0 spiro atoms. The Hall–Kier alpha value is -1.96. The molecule has 1 amide bonds. The molecule has 8 heteroatoms. The van der Waals surface area contributed by atoms with Crippen LogP contribution < -0.4 is 9.62 Å². The second kappa shape index (κ2) is 8.16. The SMILES string of the molecule is CC(=O)N(CCNS(=O)(=O)c1ccc(F)cc1C)c1cc(Cl)ccc1C. The summed E-state index contributed by atoms with van der Waals surface area (Å²) >= 11 is 6.00. The summed E-state index contributed by atoms with van der Waals surface area (Å²) in [5, 5.41) is 0.486. The molecule has 0 saturated carbocycles. The lowest BCUT2D eigenvalue weighted by atomic mass is 10.2. The van der Waals surface area contributed by atoms with Gasteiger partial charge in [-0.2, -0.15) is 0 Å². The molecule has 0 aliphatic carbocycles. The quantitative estimate of drug-likeness (QED) is 0.810. The molecule has 0 radical (unpaired) electrons. The highest BCUT2D eigenvalue weighted by atomic mass is 35.5. The van der Waals surface area contributed by atoms with Crippen molar-refractivity contribution in [3.8, 4) is 0 Å². The Morgan fingerprint density at radius 1 is 1.15 bits per heavy atom. The van der Waals surface area contributed by atoms with Gasteiger partial charge in [0.1, 0.15) is 5.82 Å². The monoisotopic (exact) mass is 398 g/mol. The van der Waals surface area contributed by atoms with E-state index in [-0.39, 0.29) is 23.9 Å². The second-order valence-electron chi connectivity index (χ2n) is 5.91. The number of hydrogen-bond donors (Lipinski definition) is 1. The molecule has 26 heavy (non-hydrogen) atoms. The van der Waals surface area contributed by atoms with E-state index >= 15 is 0 Å². The van der Waals surface area contributed by atoms with E-state index in [1.807, 2.05) is 6.92 Å². The van der Waals surface area contributed by atoms with Gasteiger partial charge in [-0.1, -0.05) is 17.7 Å².